The van der Waals surface area contributed by atoms with Crippen LogP contribution in [0.3, 0.4) is 0 Å². The highest BCUT2D eigenvalue weighted by atomic mass is 16.6. The molecule has 1 aromatic rings. The maximum Gasteiger partial charge on any atom is 0.342 e. The van der Waals surface area contributed by atoms with Gasteiger partial charge in [0, 0.05) is 17.8 Å². The predicted molar refractivity (Wildman–Crippen MR) is 68.0 cm³/mol. The van der Waals surface area contributed by atoms with E-state index in [-0.39, 0.29) is 11.6 Å². The van der Waals surface area contributed by atoms with E-state index in [1.165, 1.54) is 18.2 Å². The molecule has 0 aliphatic carbocycles. The summed E-state index contributed by atoms with van der Waals surface area (Å²) in [5, 5.41) is 22.8. The Balaban J connectivity index is 3.08. The molecule has 0 heterocycles. The Labute approximate surface area is 105 Å². The standard InChI is InChI=1S/C12H16N2O4/c1-7(2)8(3)13-9-4-5-10(12(15)16)11(6-9)14(17)18/h4-8,13H,1-3H3,(H,15,16). The van der Waals surface area contributed by atoms with Crippen molar-refractivity contribution < 1.29 is 14.8 Å². The number of carboxylic acid groups (broad SMARTS) is 1. The van der Waals surface area contributed by atoms with Crippen LogP contribution in [0.2, 0.25) is 0 Å². The molecule has 0 radical (unpaired) electrons. The van der Waals surface area contributed by atoms with Crippen LogP contribution in [0.4, 0.5) is 11.4 Å². The lowest BCUT2D eigenvalue weighted by atomic mass is 10.1. The minimum Gasteiger partial charge on any atom is -0.477 e. The first-order chi connectivity index (χ1) is 8.32. The van der Waals surface area contributed by atoms with Crippen molar-refractivity contribution in [2.75, 3.05) is 5.32 Å². The molecular weight excluding hydrogens is 236 g/mol. The maximum absolute atomic E-state index is 10.8. The van der Waals surface area contributed by atoms with Crippen molar-refractivity contribution in [2.45, 2.75) is 26.8 Å². The number of nitrogens with zero attached hydrogens (tertiary/aromatic N) is 1. The lowest BCUT2D eigenvalue weighted by Gasteiger charge is -2.18. The number of carboxylic acids is 1. The summed E-state index contributed by atoms with van der Waals surface area (Å²) in [5.41, 5.74) is -0.154. The average molecular weight is 252 g/mol. The number of carbonyl (C=O) groups is 1. The van der Waals surface area contributed by atoms with Crippen molar-refractivity contribution in [1.82, 2.24) is 0 Å². The summed E-state index contributed by atoms with van der Waals surface area (Å²) in [4.78, 5) is 21.0. The third-order valence-electron chi connectivity index (χ3n) is 2.82. The molecular formula is C12H16N2O4. The Morgan fingerprint density at radius 3 is 2.44 bits per heavy atom. The van der Waals surface area contributed by atoms with Gasteiger partial charge in [0.25, 0.3) is 5.69 Å². The van der Waals surface area contributed by atoms with Crippen molar-refractivity contribution >= 4 is 17.3 Å². The minimum atomic E-state index is -1.30. The van der Waals surface area contributed by atoms with Gasteiger partial charge in [-0.05, 0) is 25.0 Å². The first-order valence-corrected chi connectivity index (χ1v) is 5.61. The lowest BCUT2D eigenvalue weighted by molar-refractivity contribution is -0.385. The van der Waals surface area contributed by atoms with Crippen LogP contribution in [-0.2, 0) is 0 Å². The van der Waals surface area contributed by atoms with Crippen LogP contribution in [0, 0.1) is 16.0 Å². The second-order valence-corrected chi connectivity index (χ2v) is 4.47. The average Bonchev–Trinajstić information content (AvgIpc) is 2.28. The Morgan fingerprint density at radius 2 is 2.00 bits per heavy atom. The highest BCUT2D eigenvalue weighted by Gasteiger charge is 2.20. The normalized spacial score (nSPS) is 12.2. The molecule has 0 bridgehead atoms. The molecule has 6 heteroatoms. The number of nitrogens with one attached hydrogen (secondary N) is 1. The van der Waals surface area contributed by atoms with Crippen molar-refractivity contribution in [3.63, 3.8) is 0 Å². The summed E-state index contributed by atoms with van der Waals surface area (Å²) in [7, 11) is 0. The quantitative estimate of drug-likeness (QED) is 0.620. The van der Waals surface area contributed by atoms with Gasteiger partial charge in [-0.3, -0.25) is 10.1 Å². The van der Waals surface area contributed by atoms with Crippen LogP contribution in [0.1, 0.15) is 31.1 Å². The summed E-state index contributed by atoms with van der Waals surface area (Å²) in [5.74, 6) is -0.937. The van der Waals surface area contributed by atoms with Crippen molar-refractivity contribution in [2.24, 2.45) is 5.92 Å². The molecule has 6 nitrogen and oxygen atoms in total. The molecule has 0 aliphatic rings. The maximum atomic E-state index is 10.8. The Hall–Kier alpha value is -2.11. The molecule has 0 amide bonds. The van der Waals surface area contributed by atoms with Gasteiger partial charge >= 0.3 is 5.97 Å². The Bertz CT molecular complexity index is 471. The SMILES string of the molecule is CC(C)C(C)Nc1ccc(C(=O)O)c([N+](=O)[O-])c1. The van der Waals surface area contributed by atoms with E-state index >= 15 is 0 Å². The zero-order valence-electron chi connectivity index (χ0n) is 10.5. The van der Waals surface area contributed by atoms with E-state index in [4.69, 9.17) is 5.11 Å². The van der Waals surface area contributed by atoms with E-state index < -0.39 is 16.6 Å². The van der Waals surface area contributed by atoms with Crippen molar-refractivity contribution in [1.29, 1.82) is 0 Å². The van der Waals surface area contributed by atoms with Gasteiger partial charge in [-0.25, -0.2) is 4.79 Å². The van der Waals surface area contributed by atoms with Crippen LogP contribution >= 0.6 is 0 Å². The van der Waals surface area contributed by atoms with Gasteiger partial charge in [0.15, 0.2) is 0 Å². The van der Waals surface area contributed by atoms with Crippen LogP contribution < -0.4 is 5.32 Å². The zero-order valence-corrected chi connectivity index (χ0v) is 10.5. The van der Waals surface area contributed by atoms with Gasteiger partial charge in [-0.15, -0.1) is 0 Å². The highest BCUT2D eigenvalue weighted by molar-refractivity contribution is 5.93. The van der Waals surface area contributed by atoms with Gasteiger partial charge < -0.3 is 10.4 Å². The van der Waals surface area contributed by atoms with Crippen LogP contribution in [0.15, 0.2) is 18.2 Å². The van der Waals surface area contributed by atoms with Crippen molar-refractivity contribution in [3.8, 4) is 0 Å². The van der Waals surface area contributed by atoms with Crippen molar-refractivity contribution in [3.05, 3.63) is 33.9 Å². The fourth-order valence-corrected chi connectivity index (χ4v) is 1.38. The number of hydrogen-bond donors (Lipinski definition) is 2. The van der Waals surface area contributed by atoms with E-state index in [0.29, 0.717) is 11.6 Å². The molecule has 18 heavy (non-hydrogen) atoms. The molecule has 0 aromatic heterocycles. The number of rotatable bonds is 5. The van der Waals surface area contributed by atoms with E-state index in [1.54, 1.807) is 0 Å². The first-order valence-electron chi connectivity index (χ1n) is 5.61. The highest BCUT2D eigenvalue weighted by Crippen LogP contribution is 2.24. The number of benzene rings is 1. The topological polar surface area (TPSA) is 92.5 Å². The summed E-state index contributed by atoms with van der Waals surface area (Å²) in [6.45, 7) is 6.01. The van der Waals surface area contributed by atoms with Gasteiger partial charge in [-0.2, -0.15) is 0 Å². The van der Waals surface area contributed by atoms with Crippen LogP contribution in [0.25, 0.3) is 0 Å². The molecule has 1 aromatic carbocycles. The molecule has 0 spiro atoms. The number of hydrogen-bond acceptors (Lipinski definition) is 4. The number of nitro groups is 1. The molecule has 0 aliphatic heterocycles. The Kier molecular flexibility index (Phi) is 4.25. The second kappa shape index (κ2) is 5.48. The van der Waals surface area contributed by atoms with E-state index in [2.05, 4.69) is 5.32 Å². The first kappa shape index (κ1) is 14.0. The number of anilines is 1. The fourth-order valence-electron chi connectivity index (χ4n) is 1.38. The van der Waals surface area contributed by atoms with Gasteiger partial charge in [0.2, 0.25) is 0 Å². The minimum absolute atomic E-state index is 0.139. The zero-order chi connectivity index (χ0) is 13.9. The molecule has 2 N–H and O–H groups in total. The molecule has 0 saturated heterocycles. The third kappa shape index (κ3) is 3.19. The lowest BCUT2D eigenvalue weighted by Crippen LogP contribution is -2.21. The largest absolute Gasteiger partial charge is 0.477 e. The smallest absolute Gasteiger partial charge is 0.342 e. The fraction of sp³-hybridized carbons (Fsp3) is 0.417. The molecule has 0 saturated carbocycles. The molecule has 0 fully saturated rings. The monoisotopic (exact) mass is 252 g/mol. The van der Waals surface area contributed by atoms with E-state index in [0.717, 1.165) is 0 Å². The Morgan fingerprint density at radius 1 is 1.39 bits per heavy atom. The molecule has 1 rings (SSSR count). The number of nitro benzene ring substituents is 1. The third-order valence-corrected chi connectivity index (χ3v) is 2.82. The van der Waals surface area contributed by atoms with Gasteiger partial charge in [0.05, 0.1) is 4.92 Å². The summed E-state index contributed by atoms with van der Waals surface area (Å²) in [6.07, 6.45) is 0. The van der Waals surface area contributed by atoms with Gasteiger partial charge in [-0.1, -0.05) is 13.8 Å². The second-order valence-electron chi connectivity index (χ2n) is 4.47. The van der Waals surface area contributed by atoms with Crippen LogP contribution in [-0.4, -0.2) is 22.0 Å². The predicted octanol–water partition coefficient (Wildman–Crippen LogP) is 2.75. The van der Waals surface area contributed by atoms with Crippen LogP contribution in [0.5, 0.6) is 0 Å². The molecule has 1 unspecified atom stereocenters. The summed E-state index contributed by atoms with van der Waals surface area (Å²) in [6, 6.07) is 4.17. The number of aromatic carboxylic acids is 1. The van der Waals surface area contributed by atoms with E-state index in [9.17, 15) is 14.9 Å². The van der Waals surface area contributed by atoms with E-state index in [1.807, 2.05) is 20.8 Å². The molecule has 1 atom stereocenters. The molecule has 98 valence electrons. The summed E-state index contributed by atoms with van der Waals surface area (Å²) < 4.78 is 0. The van der Waals surface area contributed by atoms with Gasteiger partial charge in [0.1, 0.15) is 5.56 Å². The summed E-state index contributed by atoms with van der Waals surface area (Å²) >= 11 is 0.